The van der Waals surface area contributed by atoms with Crippen LogP contribution in [0.1, 0.15) is 12.8 Å². The Balaban J connectivity index is 0.000000217. The lowest BCUT2D eigenvalue weighted by molar-refractivity contribution is 0.381. The van der Waals surface area contributed by atoms with E-state index in [1.165, 1.54) is 12.8 Å². The third kappa shape index (κ3) is 12.5. The standard InChI is InChI=1S/C5H12N2.H2O4S/c6-5-2-1-3-7-4-5;1-5(2,3)4/h5,7H,1-4,6H2;(H2,1,2,3,4)/t5-;/m0./s1. The van der Waals surface area contributed by atoms with Crippen LogP contribution in [0, 0.1) is 0 Å². The van der Waals surface area contributed by atoms with Crippen molar-refractivity contribution in [1.82, 2.24) is 5.32 Å². The van der Waals surface area contributed by atoms with Crippen molar-refractivity contribution in [3.63, 3.8) is 0 Å². The van der Waals surface area contributed by atoms with Crippen molar-refractivity contribution in [1.29, 1.82) is 0 Å². The van der Waals surface area contributed by atoms with Gasteiger partial charge in [-0.25, -0.2) is 0 Å². The van der Waals surface area contributed by atoms with Crippen LogP contribution in [0.3, 0.4) is 0 Å². The number of hydrogen-bond acceptors (Lipinski definition) is 4. The van der Waals surface area contributed by atoms with Gasteiger partial charge in [0.1, 0.15) is 0 Å². The minimum absolute atomic E-state index is 0.425. The molecule has 0 amide bonds. The van der Waals surface area contributed by atoms with Gasteiger partial charge in [-0.15, -0.1) is 0 Å². The third-order valence-electron chi connectivity index (χ3n) is 1.33. The Labute approximate surface area is 71.7 Å². The molecule has 1 heterocycles. The smallest absolute Gasteiger partial charge is 0.327 e. The first-order valence-electron chi connectivity index (χ1n) is 3.56. The normalized spacial score (nSPS) is 24.1. The van der Waals surface area contributed by atoms with Crippen LogP contribution in [-0.4, -0.2) is 36.7 Å². The van der Waals surface area contributed by atoms with E-state index in [4.69, 9.17) is 23.3 Å². The molecular formula is C5H14N2O4S. The van der Waals surface area contributed by atoms with Crippen molar-refractivity contribution in [3.8, 4) is 0 Å². The summed E-state index contributed by atoms with van der Waals surface area (Å²) < 4.78 is 31.6. The summed E-state index contributed by atoms with van der Waals surface area (Å²) in [6, 6.07) is 0.425. The highest BCUT2D eigenvalue weighted by molar-refractivity contribution is 7.79. The quantitative estimate of drug-likeness (QED) is 0.373. The van der Waals surface area contributed by atoms with Gasteiger partial charge in [0.25, 0.3) is 0 Å². The fraction of sp³-hybridized carbons (Fsp3) is 1.00. The lowest BCUT2D eigenvalue weighted by Gasteiger charge is -2.17. The molecule has 5 N–H and O–H groups in total. The molecule has 1 rings (SSSR count). The molecule has 0 bridgehead atoms. The summed E-state index contributed by atoms with van der Waals surface area (Å²) in [4.78, 5) is 0. The van der Waals surface area contributed by atoms with Crippen molar-refractivity contribution in [2.75, 3.05) is 13.1 Å². The maximum Gasteiger partial charge on any atom is 0.394 e. The Hall–Kier alpha value is -0.210. The predicted molar refractivity (Wildman–Crippen MR) is 44.3 cm³/mol. The summed E-state index contributed by atoms with van der Waals surface area (Å²) in [5, 5.41) is 3.21. The van der Waals surface area contributed by atoms with Crippen LogP contribution in [0.15, 0.2) is 0 Å². The molecule has 0 aromatic carbocycles. The first kappa shape index (κ1) is 11.8. The van der Waals surface area contributed by atoms with Crippen molar-refractivity contribution in [2.45, 2.75) is 18.9 Å². The number of rotatable bonds is 0. The highest BCUT2D eigenvalue weighted by atomic mass is 32.3. The van der Waals surface area contributed by atoms with Gasteiger partial charge >= 0.3 is 10.4 Å². The van der Waals surface area contributed by atoms with Gasteiger partial charge in [0, 0.05) is 12.6 Å². The Morgan fingerprint density at radius 3 is 2.08 bits per heavy atom. The number of nitrogens with two attached hydrogens (primary N) is 1. The third-order valence-corrected chi connectivity index (χ3v) is 1.33. The minimum Gasteiger partial charge on any atom is -0.327 e. The molecule has 0 aromatic heterocycles. The Bertz CT molecular complexity index is 189. The molecule has 12 heavy (non-hydrogen) atoms. The van der Waals surface area contributed by atoms with Gasteiger partial charge in [0.2, 0.25) is 0 Å². The molecule has 74 valence electrons. The van der Waals surface area contributed by atoms with Gasteiger partial charge in [0.15, 0.2) is 0 Å². The van der Waals surface area contributed by atoms with E-state index in [-0.39, 0.29) is 0 Å². The lowest BCUT2D eigenvalue weighted by Crippen LogP contribution is -2.39. The van der Waals surface area contributed by atoms with E-state index in [1.807, 2.05) is 0 Å². The van der Waals surface area contributed by atoms with Gasteiger partial charge in [-0.05, 0) is 19.4 Å². The summed E-state index contributed by atoms with van der Waals surface area (Å²) in [7, 11) is -4.67. The summed E-state index contributed by atoms with van der Waals surface area (Å²) >= 11 is 0. The summed E-state index contributed by atoms with van der Waals surface area (Å²) in [5.74, 6) is 0. The Kier molecular flexibility index (Phi) is 5.34. The minimum atomic E-state index is -4.67. The molecule has 0 aromatic rings. The molecule has 1 atom stereocenters. The molecule has 0 unspecified atom stereocenters. The van der Waals surface area contributed by atoms with Gasteiger partial charge in [-0.3, -0.25) is 9.11 Å². The van der Waals surface area contributed by atoms with Crippen LogP contribution in [0.25, 0.3) is 0 Å². The van der Waals surface area contributed by atoms with E-state index in [2.05, 4.69) is 5.32 Å². The van der Waals surface area contributed by atoms with E-state index >= 15 is 0 Å². The molecule has 1 fully saturated rings. The maximum atomic E-state index is 8.74. The van der Waals surface area contributed by atoms with Gasteiger partial charge < -0.3 is 11.1 Å². The van der Waals surface area contributed by atoms with E-state index in [1.54, 1.807) is 0 Å². The molecule has 0 spiro atoms. The monoisotopic (exact) mass is 198 g/mol. The van der Waals surface area contributed by atoms with Crippen LogP contribution >= 0.6 is 0 Å². The summed E-state index contributed by atoms with van der Waals surface area (Å²) in [6.45, 7) is 2.17. The summed E-state index contributed by atoms with van der Waals surface area (Å²) in [6.07, 6.45) is 2.45. The number of hydrogen-bond donors (Lipinski definition) is 4. The van der Waals surface area contributed by atoms with Crippen molar-refractivity contribution in [2.24, 2.45) is 5.73 Å². The maximum absolute atomic E-state index is 8.74. The molecule has 7 heteroatoms. The highest BCUT2D eigenvalue weighted by Gasteiger charge is 2.05. The zero-order valence-corrected chi connectivity index (χ0v) is 7.42. The molecule has 1 saturated heterocycles. The molecule has 1 aliphatic rings. The van der Waals surface area contributed by atoms with Gasteiger partial charge in [-0.1, -0.05) is 0 Å². The molecule has 0 radical (unpaired) electrons. The van der Waals surface area contributed by atoms with Crippen LogP contribution in [0.4, 0.5) is 0 Å². The number of piperidine rings is 1. The molecule has 6 nitrogen and oxygen atoms in total. The van der Waals surface area contributed by atoms with E-state index < -0.39 is 10.4 Å². The molecule has 0 aliphatic carbocycles. The van der Waals surface area contributed by atoms with Crippen LogP contribution in [0.2, 0.25) is 0 Å². The second-order valence-corrected chi connectivity index (χ2v) is 3.45. The highest BCUT2D eigenvalue weighted by Crippen LogP contribution is 1.96. The topological polar surface area (TPSA) is 113 Å². The first-order chi connectivity index (χ1) is 5.39. The fourth-order valence-corrected chi connectivity index (χ4v) is 0.879. The number of nitrogens with one attached hydrogen (secondary N) is 1. The lowest BCUT2D eigenvalue weighted by atomic mass is 10.1. The summed E-state index contributed by atoms with van der Waals surface area (Å²) in [5.41, 5.74) is 5.57. The van der Waals surface area contributed by atoms with Crippen molar-refractivity contribution < 1.29 is 17.5 Å². The molecule has 0 saturated carbocycles. The van der Waals surface area contributed by atoms with E-state index in [9.17, 15) is 0 Å². The second kappa shape index (κ2) is 5.44. The fourth-order valence-electron chi connectivity index (χ4n) is 0.879. The molecular weight excluding hydrogens is 184 g/mol. The van der Waals surface area contributed by atoms with Crippen molar-refractivity contribution in [3.05, 3.63) is 0 Å². The average molecular weight is 198 g/mol. The Morgan fingerprint density at radius 1 is 1.42 bits per heavy atom. The zero-order chi connectivity index (χ0) is 9.61. The van der Waals surface area contributed by atoms with Gasteiger partial charge in [-0.2, -0.15) is 8.42 Å². The largest absolute Gasteiger partial charge is 0.394 e. The van der Waals surface area contributed by atoms with Crippen LogP contribution in [-0.2, 0) is 10.4 Å². The Morgan fingerprint density at radius 2 is 1.92 bits per heavy atom. The average Bonchev–Trinajstić information content (AvgIpc) is 1.85. The second-order valence-electron chi connectivity index (χ2n) is 2.55. The van der Waals surface area contributed by atoms with Crippen molar-refractivity contribution >= 4 is 10.4 Å². The van der Waals surface area contributed by atoms with E-state index in [0.717, 1.165) is 13.1 Å². The van der Waals surface area contributed by atoms with E-state index in [0.29, 0.717) is 6.04 Å². The SMILES string of the molecule is N[C@H]1CCCNC1.O=S(=O)(O)O. The van der Waals surface area contributed by atoms with Crippen LogP contribution < -0.4 is 11.1 Å². The molecule has 1 aliphatic heterocycles. The first-order valence-corrected chi connectivity index (χ1v) is 4.95. The van der Waals surface area contributed by atoms with Gasteiger partial charge in [0.05, 0.1) is 0 Å². The van der Waals surface area contributed by atoms with Crippen LogP contribution in [0.5, 0.6) is 0 Å². The predicted octanol–water partition coefficient (Wildman–Crippen LogP) is -0.956. The zero-order valence-electron chi connectivity index (χ0n) is 6.60.